The molecular formula is C13H18N2O5S. The molecule has 21 heavy (non-hydrogen) atoms. The van der Waals surface area contributed by atoms with Gasteiger partial charge in [-0.25, -0.2) is 13.6 Å². The van der Waals surface area contributed by atoms with Gasteiger partial charge in [-0.05, 0) is 31.2 Å². The van der Waals surface area contributed by atoms with Crippen LogP contribution in [0.25, 0.3) is 0 Å². The number of nitrogens with two attached hydrogens (primary N) is 1. The van der Waals surface area contributed by atoms with E-state index < -0.39 is 21.8 Å². The van der Waals surface area contributed by atoms with Crippen LogP contribution >= 0.6 is 0 Å². The quantitative estimate of drug-likeness (QED) is 0.731. The molecule has 116 valence electrons. The van der Waals surface area contributed by atoms with Crippen LogP contribution in [0.3, 0.4) is 0 Å². The van der Waals surface area contributed by atoms with Crippen LogP contribution in [0.1, 0.15) is 24.2 Å². The van der Waals surface area contributed by atoms with Crippen molar-refractivity contribution in [3.8, 4) is 0 Å². The van der Waals surface area contributed by atoms with Crippen LogP contribution in [0, 0.1) is 5.92 Å². The van der Waals surface area contributed by atoms with Crippen molar-refractivity contribution in [3.05, 3.63) is 29.8 Å². The summed E-state index contributed by atoms with van der Waals surface area (Å²) in [5.41, 5.74) is 0.276. The predicted octanol–water partition coefficient (Wildman–Crippen LogP) is 0.263. The summed E-state index contributed by atoms with van der Waals surface area (Å²) in [5.74, 6) is -1.26. The molecule has 0 aliphatic rings. The summed E-state index contributed by atoms with van der Waals surface area (Å²) in [6.07, 6.45) is 0. The highest BCUT2D eigenvalue weighted by Gasteiger charge is 2.16. The molecule has 7 nitrogen and oxygen atoms in total. The van der Waals surface area contributed by atoms with Crippen LogP contribution in [0.5, 0.6) is 0 Å². The van der Waals surface area contributed by atoms with Gasteiger partial charge in [0.15, 0.2) is 0 Å². The maximum Gasteiger partial charge on any atom is 0.310 e. The molecule has 0 unspecified atom stereocenters. The monoisotopic (exact) mass is 314 g/mol. The molecule has 0 saturated heterocycles. The molecule has 1 amide bonds. The van der Waals surface area contributed by atoms with E-state index in [0.29, 0.717) is 0 Å². The highest BCUT2D eigenvalue weighted by atomic mass is 32.2. The lowest BCUT2D eigenvalue weighted by molar-refractivity contribution is -0.147. The lowest BCUT2D eigenvalue weighted by atomic mass is 10.1. The zero-order chi connectivity index (χ0) is 16.0. The van der Waals surface area contributed by atoms with Crippen molar-refractivity contribution < 1.29 is 22.7 Å². The van der Waals surface area contributed by atoms with Gasteiger partial charge >= 0.3 is 5.97 Å². The molecule has 3 N–H and O–H groups in total. The van der Waals surface area contributed by atoms with Crippen molar-refractivity contribution >= 4 is 21.9 Å². The van der Waals surface area contributed by atoms with E-state index in [0.717, 1.165) is 0 Å². The molecule has 1 atom stereocenters. The standard InChI is InChI=1S/C13H18N2O5S/c1-3-20-13(17)9(2)8-15-12(16)10-4-6-11(7-5-10)21(14,18)19/h4-7,9H,3,8H2,1-2H3,(H,15,16)(H2,14,18,19)/t9-/m1/s1. The Bertz CT molecular complexity index is 610. The first kappa shape index (κ1) is 17.1. The topological polar surface area (TPSA) is 116 Å². The number of amides is 1. The van der Waals surface area contributed by atoms with Crippen molar-refractivity contribution in [1.29, 1.82) is 0 Å². The van der Waals surface area contributed by atoms with Gasteiger partial charge in [0.2, 0.25) is 10.0 Å². The van der Waals surface area contributed by atoms with E-state index in [4.69, 9.17) is 9.88 Å². The van der Waals surface area contributed by atoms with Gasteiger partial charge in [0.05, 0.1) is 17.4 Å². The van der Waals surface area contributed by atoms with Gasteiger partial charge in [-0.2, -0.15) is 0 Å². The number of sulfonamides is 1. The Labute approximate surface area is 123 Å². The van der Waals surface area contributed by atoms with E-state index in [9.17, 15) is 18.0 Å². The number of esters is 1. The third-order valence-electron chi connectivity index (χ3n) is 2.70. The average molecular weight is 314 g/mol. The minimum atomic E-state index is -3.78. The van der Waals surface area contributed by atoms with Crippen LogP contribution in [0.2, 0.25) is 0 Å². The number of hydrogen-bond donors (Lipinski definition) is 2. The van der Waals surface area contributed by atoms with Gasteiger partial charge in [0.25, 0.3) is 5.91 Å². The smallest absolute Gasteiger partial charge is 0.310 e. The van der Waals surface area contributed by atoms with Crippen LogP contribution in [-0.2, 0) is 19.6 Å². The fraction of sp³-hybridized carbons (Fsp3) is 0.385. The molecule has 0 aromatic heterocycles. The van der Waals surface area contributed by atoms with Crippen LogP contribution in [0.4, 0.5) is 0 Å². The minimum absolute atomic E-state index is 0.0704. The first-order valence-corrected chi connectivity index (χ1v) is 7.88. The van der Waals surface area contributed by atoms with Crippen molar-refractivity contribution in [3.63, 3.8) is 0 Å². The first-order valence-electron chi connectivity index (χ1n) is 6.33. The molecule has 0 spiro atoms. The number of carbonyl (C=O) groups excluding carboxylic acids is 2. The van der Waals surface area contributed by atoms with Gasteiger partial charge in [0, 0.05) is 12.1 Å². The maximum absolute atomic E-state index is 11.8. The van der Waals surface area contributed by atoms with Crippen LogP contribution in [-0.4, -0.2) is 33.4 Å². The molecular weight excluding hydrogens is 296 g/mol. The molecule has 1 aromatic carbocycles. The van der Waals surface area contributed by atoms with Crippen LogP contribution in [0.15, 0.2) is 29.2 Å². The zero-order valence-corrected chi connectivity index (χ0v) is 12.6. The summed E-state index contributed by atoms with van der Waals surface area (Å²) >= 11 is 0. The van der Waals surface area contributed by atoms with Crippen molar-refractivity contribution in [2.45, 2.75) is 18.7 Å². The fourth-order valence-electron chi connectivity index (χ4n) is 1.51. The largest absolute Gasteiger partial charge is 0.466 e. The van der Waals surface area contributed by atoms with Gasteiger partial charge in [-0.15, -0.1) is 0 Å². The SMILES string of the molecule is CCOC(=O)[C@H](C)CNC(=O)c1ccc(S(N)(=O)=O)cc1. The van der Waals surface area contributed by atoms with E-state index in [2.05, 4.69) is 5.32 Å². The first-order chi connectivity index (χ1) is 9.75. The molecule has 1 aromatic rings. The molecule has 0 saturated carbocycles. The van der Waals surface area contributed by atoms with E-state index in [1.807, 2.05) is 0 Å². The summed E-state index contributed by atoms with van der Waals surface area (Å²) in [6.45, 7) is 3.76. The van der Waals surface area contributed by atoms with E-state index in [1.54, 1.807) is 13.8 Å². The number of nitrogens with one attached hydrogen (secondary N) is 1. The minimum Gasteiger partial charge on any atom is -0.466 e. The maximum atomic E-state index is 11.8. The van der Waals surface area contributed by atoms with Gasteiger partial charge in [0.1, 0.15) is 0 Å². The molecule has 0 radical (unpaired) electrons. The van der Waals surface area contributed by atoms with Gasteiger partial charge in [-0.3, -0.25) is 9.59 Å². The summed E-state index contributed by atoms with van der Waals surface area (Å²) in [6, 6.07) is 5.20. The zero-order valence-electron chi connectivity index (χ0n) is 11.8. The second kappa shape index (κ2) is 7.19. The van der Waals surface area contributed by atoms with Crippen molar-refractivity contribution in [1.82, 2.24) is 5.32 Å². The predicted molar refractivity (Wildman–Crippen MR) is 75.9 cm³/mol. The Morgan fingerprint density at radius 3 is 2.33 bits per heavy atom. The molecule has 8 heteroatoms. The Hall–Kier alpha value is -1.93. The molecule has 1 rings (SSSR count). The lowest BCUT2D eigenvalue weighted by Gasteiger charge is -2.11. The number of benzene rings is 1. The van der Waals surface area contributed by atoms with Crippen LogP contribution < -0.4 is 10.5 Å². The second-order valence-electron chi connectivity index (χ2n) is 4.43. The van der Waals surface area contributed by atoms with E-state index in [1.165, 1.54) is 24.3 Å². The van der Waals surface area contributed by atoms with E-state index in [-0.39, 0.29) is 29.6 Å². The molecule has 0 aliphatic heterocycles. The molecule has 0 bridgehead atoms. The number of primary sulfonamides is 1. The summed E-state index contributed by atoms with van der Waals surface area (Å²) in [4.78, 5) is 23.2. The Morgan fingerprint density at radius 1 is 1.29 bits per heavy atom. The number of carbonyl (C=O) groups is 2. The van der Waals surface area contributed by atoms with Crippen molar-refractivity contribution in [2.75, 3.05) is 13.2 Å². The number of hydrogen-bond acceptors (Lipinski definition) is 5. The highest BCUT2D eigenvalue weighted by molar-refractivity contribution is 7.89. The Balaban J connectivity index is 2.62. The summed E-state index contributed by atoms with van der Waals surface area (Å²) in [5, 5.41) is 7.54. The highest BCUT2D eigenvalue weighted by Crippen LogP contribution is 2.09. The van der Waals surface area contributed by atoms with Gasteiger partial charge < -0.3 is 10.1 Å². The van der Waals surface area contributed by atoms with Gasteiger partial charge in [-0.1, -0.05) is 6.92 Å². The fourth-order valence-corrected chi connectivity index (χ4v) is 2.03. The Morgan fingerprint density at radius 2 is 1.86 bits per heavy atom. The lowest BCUT2D eigenvalue weighted by Crippen LogP contribution is -2.32. The van der Waals surface area contributed by atoms with Crippen molar-refractivity contribution in [2.24, 2.45) is 11.1 Å². The summed E-state index contributed by atoms with van der Waals surface area (Å²) < 4.78 is 27.0. The second-order valence-corrected chi connectivity index (χ2v) is 5.99. The normalized spacial score (nSPS) is 12.5. The third-order valence-corrected chi connectivity index (χ3v) is 3.63. The van der Waals surface area contributed by atoms with E-state index >= 15 is 0 Å². The Kier molecular flexibility index (Phi) is 5.86. The average Bonchev–Trinajstić information content (AvgIpc) is 2.43. The molecule has 0 fully saturated rings. The number of ether oxygens (including phenoxy) is 1. The molecule has 0 aliphatic carbocycles. The summed E-state index contributed by atoms with van der Waals surface area (Å²) in [7, 11) is -3.78. The third kappa shape index (κ3) is 5.16. The number of rotatable bonds is 6. The molecule has 0 heterocycles.